The smallest absolute Gasteiger partial charge is 0.289 e. The summed E-state index contributed by atoms with van der Waals surface area (Å²) < 4.78 is 5.64. The molecule has 3 aromatic rings. The van der Waals surface area contributed by atoms with Crippen LogP contribution in [0.25, 0.3) is 0 Å². The molecule has 0 aliphatic heterocycles. The molecule has 0 spiro atoms. The molecule has 0 radical (unpaired) electrons. The summed E-state index contributed by atoms with van der Waals surface area (Å²) in [6, 6.07) is 3.53. The molecule has 0 atom stereocenters. The lowest BCUT2D eigenvalue weighted by atomic mass is 10.3. The second-order valence-electron chi connectivity index (χ2n) is 5.18. The lowest BCUT2D eigenvalue weighted by Crippen LogP contribution is -2.28. The number of hydrogen-bond donors (Lipinski definition) is 1. The van der Waals surface area contributed by atoms with Crippen molar-refractivity contribution in [2.45, 2.75) is 24.3 Å². The molecule has 3 heterocycles. The molecule has 0 saturated heterocycles. The van der Waals surface area contributed by atoms with E-state index < -0.39 is 0 Å². The molecule has 1 amide bonds. The largest absolute Gasteiger partial charge is 0.455 e. The number of amides is 1. The van der Waals surface area contributed by atoms with Gasteiger partial charge in [-0.05, 0) is 19.1 Å². The molecule has 1 N–H and O–H groups in total. The normalized spacial score (nSPS) is 10.9. The minimum absolute atomic E-state index is 0.118. The van der Waals surface area contributed by atoms with Crippen LogP contribution in [0.5, 0.6) is 0 Å². The quantitative estimate of drug-likeness (QED) is 0.650. The van der Waals surface area contributed by atoms with Crippen LogP contribution < -0.4 is 0 Å². The van der Waals surface area contributed by atoms with E-state index in [9.17, 15) is 4.79 Å². The number of thioether (sulfide) groups is 1. The topological polar surface area (TPSA) is 87.9 Å². The van der Waals surface area contributed by atoms with Gasteiger partial charge < -0.3 is 9.32 Å². The SMILES string of the molecule is Cc1ncsc1CCN(C)C(=O)c1ccc(CSc2ncn[nH]2)o1. The highest BCUT2D eigenvalue weighted by Crippen LogP contribution is 2.21. The van der Waals surface area contributed by atoms with E-state index in [0.29, 0.717) is 18.1 Å². The Morgan fingerprint density at radius 1 is 1.42 bits per heavy atom. The molecule has 0 saturated carbocycles. The van der Waals surface area contributed by atoms with Gasteiger partial charge in [-0.25, -0.2) is 9.97 Å². The zero-order valence-corrected chi connectivity index (χ0v) is 15.0. The Kier molecular flexibility index (Phi) is 5.31. The lowest BCUT2D eigenvalue weighted by Gasteiger charge is -2.15. The molecule has 0 aromatic carbocycles. The Hall–Kier alpha value is -2.13. The Labute approximate surface area is 147 Å². The zero-order chi connectivity index (χ0) is 16.9. The predicted octanol–water partition coefficient (Wildman–Crippen LogP) is 2.77. The van der Waals surface area contributed by atoms with Gasteiger partial charge in [-0.3, -0.25) is 9.89 Å². The average Bonchev–Trinajstić information content (AvgIpc) is 3.32. The third-order valence-electron chi connectivity index (χ3n) is 3.48. The summed E-state index contributed by atoms with van der Waals surface area (Å²) in [5.74, 6) is 1.55. The van der Waals surface area contributed by atoms with Crippen molar-refractivity contribution in [2.24, 2.45) is 0 Å². The highest BCUT2D eigenvalue weighted by molar-refractivity contribution is 7.98. The van der Waals surface area contributed by atoms with Crippen LogP contribution >= 0.6 is 23.1 Å². The third-order valence-corrected chi connectivity index (χ3v) is 5.38. The standard InChI is InChI=1S/C15H17N5O2S2/c1-10-13(24-9-17-10)5-6-20(2)14(21)12-4-3-11(22-12)7-23-15-16-8-18-19-15/h3-4,8-9H,5-7H2,1-2H3,(H,16,18,19). The molecule has 7 nitrogen and oxygen atoms in total. The van der Waals surface area contributed by atoms with Gasteiger partial charge >= 0.3 is 0 Å². The maximum absolute atomic E-state index is 12.4. The monoisotopic (exact) mass is 363 g/mol. The summed E-state index contributed by atoms with van der Waals surface area (Å²) in [6.45, 7) is 2.61. The van der Waals surface area contributed by atoms with E-state index >= 15 is 0 Å². The van der Waals surface area contributed by atoms with Gasteiger partial charge in [0.1, 0.15) is 12.1 Å². The molecule has 3 rings (SSSR count). The molecule has 126 valence electrons. The second-order valence-corrected chi connectivity index (χ2v) is 7.09. The van der Waals surface area contributed by atoms with E-state index in [2.05, 4.69) is 20.2 Å². The highest BCUT2D eigenvalue weighted by Gasteiger charge is 2.17. The molecule has 9 heteroatoms. The van der Waals surface area contributed by atoms with Crippen LogP contribution in [0.3, 0.4) is 0 Å². The third kappa shape index (κ3) is 4.04. The summed E-state index contributed by atoms with van der Waals surface area (Å²) in [5.41, 5.74) is 2.86. The maximum Gasteiger partial charge on any atom is 0.289 e. The van der Waals surface area contributed by atoms with Crippen molar-refractivity contribution in [3.05, 3.63) is 46.1 Å². The number of aromatic amines is 1. The molecule has 0 fully saturated rings. The van der Waals surface area contributed by atoms with Crippen molar-refractivity contribution in [3.63, 3.8) is 0 Å². The Balaban J connectivity index is 1.53. The van der Waals surface area contributed by atoms with E-state index in [0.717, 1.165) is 23.0 Å². The van der Waals surface area contributed by atoms with Crippen LogP contribution in [0.15, 0.2) is 33.5 Å². The molecule has 24 heavy (non-hydrogen) atoms. The first kappa shape index (κ1) is 16.7. The van der Waals surface area contributed by atoms with Crippen molar-refractivity contribution in [2.75, 3.05) is 13.6 Å². The molecular formula is C15H17N5O2S2. The number of aryl methyl sites for hydroxylation is 1. The van der Waals surface area contributed by atoms with Crippen LogP contribution in [0.2, 0.25) is 0 Å². The first-order valence-corrected chi connectivity index (χ1v) is 9.21. The van der Waals surface area contributed by atoms with Crippen LogP contribution in [-0.4, -0.2) is 44.6 Å². The fourth-order valence-corrected chi connectivity index (χ4v) is 3.54. The van der Waals surface area contributed by atoms with Gasteiger partial charge in [0, 0.05) is 24.9 Å². The van der Waals surface area contributed by atoms with Gasteiger partial charge in [0.15, 0.2) is 10.9 Å². The molecule has 0 aliphatic rings. The molecule has 0 aliphatic carbocycles. The van der Waals surface area contributed by atoms with Gasteiger partial charge in [-0.15, -0.1) is 11.3 Å². The molecule has 0 unspecified atom stereocenters. The van der Waals surface area contributed by atoms with E-state index in [1.54, 1.807) is 29.4 Å². The van der Waals surface area contributed by atoms with Crippen molar-refractivity contribution in [1.29, 1.82) is 0 Å². The summed E-state index contributed by atoms with van der Waals surface area (Å²) in [6.07, 6.45) is 2.26. The summed E-state index contributed by atoms with van der Waals surface area (Å²) in [7, 11) is 1.78. The number of aromatic nitrogens is 4. The lowest BCUT2D eigenvalue weighted by molar-refractivity contribution is 0.0764. The number of H-pyrrole nitrogens is 1. The molecule has 3 aromatic heterocycles. The minimum Gasteiger partial charge on any atom is -0.455 e. The minimum atomic E-state index is -0.118. The Morgan fingerprint density at radius 2 is 2.29 bits per heavy atom. The fourth-order valence-electron chi connectivity index (χ4n) is 2.10. The van der Waals surface area contributed by atoms with Crippen LogP contribution in [-0.2, 0) is 12.2 Å². The van der Waals surface area contributed by atoms with E-state index in [1.807, 2.05) is 18.5 Å². The van der Waals surface area contributed by atoms with Crippen molar-refractivity contribution in [1.82, 2.24) is 25.1 Å². The van der Waals surface area contributed by atoms with Crippen LogP contribution in [0.1, 0.15) is 26.9 Å². The fraction of sp³-hybridized carbons (Fsp3) is 0.333. The second kappa shape index (κ2) is 7.63. The number of likely N-dealkylation sites (N-methyl/N-ethyl adjacent to an activating group) is 1. The van der Waals surface area contributed by atoms with Gasteiger partial charge in [-0.2, -0.15) is 5.10 Å². The predicted molar refractivity (Wildman–Crippen MR) is 92.2 cm³/mol. The number of furan rings is 1. The highest BCUT2D eigenvalue weighted by atomic mass is 32.2. The van der Waals surface area contributed by atoms with E-state index in [-0.39, 0.29) is 5.91 Å². The van der Waals surface area contributed by atoms with Gasteiger partial charge in [0.2, 0.25) is 0 Å². The van der Waals surface area contributed by atoms with Crippen molar-refractivity contribution in [3.8, 4) is 0 Å². The first-order chi connectivity index (χ1) is 11.6. The van der Waals surface area contributed by atoms with E-state index in [1.165, 1.54) is 23.0 Å². The average molecular weight is 363 g/mol. The zero-order valence-electron chi connectivity index (χ0n) is 13.4. The van der Waals surface area contributed by atoms with Gasteiger partial charge in [0.25, 0.3) is 5.91 Å². The van der Waals surface area contributed by atoms with Crippen molar-refractivity contribution < 1.29 is 9.21 Å². The maximum atomic E-state index is 12.4. The van der Waals surface area contributed by atoms with E-state index in [4.69, 9.17) is 4.42 Å². The number of carbonyl (C=O) groups excluding carboxylic acids is 1. The van der Waals surface area contributed by atoms with Gasteiger partial charge in [0.05, 0.1) is 17.0 Å². The molecule has 0 bridgehead atoms. The molecular weight excluding hydrogens is 346 g/mol. The van der Waals surface area contributed by atoms with Crippen LogP contribution in [0.4, 0.5) is 0 Å². The number of thiazole rings is 1. The van der Waals surface area contributed by atoms with Gasteiger partial charge in [-0.1, -0.05) is 11.8 Å². The Bertz CT molecular complexity index is 797. The van der Waals surface area contributed by atoms with Crippen LogP contribution in [0, 0.1) is 6.92 Å². The number of rotatable bonds is 7. The summed E-state index contributed by atoms with van der Waals surface area (Å²) >= 11 is 3.09. The number of nitrogens with one attached hydrogen (secondary N) is 1. The number of carbonyl (C=O) groups is 1. The summed E-state index contributed by atoms with van der Waals surface area (Å²) in [4.78, 5) is 23.6. The Morgan fingerprint density at radius 3 is 3.00 bits per heavy atom. The summed E-state index contributed by atoms with van der Waals surface area (Å²) in [5, 5.41) is 7.28. The first-order valence-electron chi connectivity index (χ1n) is 7.35. The van der Waals surface area contributed by atoms with Crippen molar-refractivity contribution >= 4 is 29.0 Å². The number of nitrogens with zero attached hydrogens (tertiary/aromatic N) is 4. The number of hydrogen-bond acceptors (Lipinski definition) is 7.